The highest BCUT2D eigenvalue weighted by molar-refractivity contribution is 6.34. The van der Waals surface area contributed by atoms with E-state index in [-0.39, 0.29) is 0 Å². The minimum atomic E-state index is 0.390. The number of benzene rings is 1. The van der Waals surface area contributed by atoms with E-state index < -0.39 is 0 Å². The molecule has 0 bridgehead atoms. The van der Waals surface area contributed by atoms with Crippen molar-refractivity contribution in [2.75, 3.05) is 0 Å². The molecule has 0 aliphatic rings. The average molecular weight is 295 g/mol. The second-order valence-corrected chi connectivity index (χ2v) is 4.58. The Bertz CT molecular complexity index is 732. The van der Waals surface area contributed by atoms with E-state index >= 15 is 0 Å². The van der Waals surface area contributed by atoms with Crippen LogP contribution in [0.25, 0.3) is 17.1 Å². The van der Waals surface area contributed by atoms with Crippen molar-refractivity contribution < 1.29 is 0 Å². The van der Waals surface area contributed by atoms with Crippen molar-refractivity contribution in [3.8, 4) is 17.1 Å². The van der Waals surface area contributed by atoms with Gasteiger partial charge in [0.25, 0.3) is 0 Å². The van der Waals surface area contributed by atoms with Crippen LogP contribution in [-0.4, -0.2) is 30.0 Å². The summed E-state index contributed by atoms with van der Waals surface area (Å²) in [7, 11) is 1.68. The molecular weight excluding hydrogens is 287 g/mol. The monoisotopic (exact) mass is 294 g/mol. The first-order valence-electron chi connectivity index (χ1n) is 5.39. The van der Waals surface area contributed by atoms with Gasteiger partial charge in [0.2, 0.25) is 5.82 Å². The van der Waals surface area contributed by atoms with E-state index in [0.29, 0.717) is 27.3 Å². The molecular formula is C11H8Cl2N6. The molecule has 96 valence electrons. The zero-order valence-corrected chi connectivity index (χ0v) is 11.3. The number of hydrogen-bond acceptors (Lipinski definition) is 4. The van der Waals surface area contributed by atoms with Crippen molar-refractivity contribution in [1.29, 1.82) is 0 Å². The van der Waals surface area contributed by atoms with Crippen LogP contribution in [0.15, 0.2) is 30.5 Å². The molecule has 0 aliphatic heterocycles. The highest BCUT2D eigenvalue weighted by Gasteiger charge is 2.16. The van der Waals surface area contributed by atoms with Gasteiger partial charge in [-0.1, -0.05) is 35.3 Å². The molecule has 6 nitrogen and oxygen atoms in total. The van der Waals surface area contributed by atoms with E-state index in [2.05, 4.69) is 20.5 Å². The summed E-state index contributed by atoms with van der Waals surface area (Å²) in [6.07, 6.45) is 1.59. The van der Waals surface area contributed by atoms with E-state index in [4.69, 9.17) is 23.2 Å². The third kappa shape index (κ3) is 2.09. The fraction of sp³-hybridized carbons (Fsp3) is 0.0909. The van der Waals surface area contributed by atoms with Gasteiger partial charge in [-0.3, -0.25) is 0 Å². The molecule has 8 heteroatoms. The number of aryl methyl sites for hydroxylation is 1. The Morgan fingerprint density at radius 3 is 2.63 bits per heavy atom. The number of nitrogens with zero attached hydrogens (tertiary/aromatic N) is 6. The summed E-state index contributed by atoms with van der Waals surface area (Å²) < 4.78 is 1.54. The largest absolute Gasteiger partial charge is 0.220 e. The van der Waals surface area contributed by atoms with Crippen LogP contribution in [0.3, 0.4) is 0 Å². The maximum Gasteiger partial charge on any atom is 0.209 e. The van der Waals surface area contributed by atoms with E-state index in [1.165, 1.54) is 9.48 Å². The van der Waals surface area contributed by atoms with Crippen LogP contribution in [0.1, 0.15) is 0 Å². The lowest BCUT2D eigenvalue weighted by molar-refractivity contribution is 0.630. The zero-order valence-electron chi connectivity index (χ0n) is 9.83. The molecule has 0 aliphatic carbocycles. The second kappa shape index (κ2) is 4.64. The summed E-state index contributed by atoms with van der Waals surface area (Å²) in [5.74, 6) is 0.422. The molecule has 2 heterocycles. The Kier molecular flexibility index (Phi) is 2.96. The molecule has 0 atom stereocenters. The number of para-hydroxylation sites is 1. The maximum absolute atomic E-state index is 6.30. The predicted octanol–water partition coefficient (Wildman–Crippen LogP) is 2.37. The van der Waals surface area contributed by atoms with Crippen molar-refractivity contribution >= 4 is 23.2 Å². The van der Waals surface area contributed by atoms with E-state index in [9.17, 15) is 0 Å². The Morgan fingerprint density at radius 1 is 1.16 bits per heavy atom. The maximum atomic E-state index is 6.30. The molecule has 1 aromatic carbocycles. The molecule has 0 radical (unpaired) electrons. The second-order valence-electron chi connectivity index (χ2n) is 3.81. The van der Waals surface area contributed by atoms with E-state index in [1.54, 1.807) is 19.3 Å². The highest BCUT2D eigenvalue weighted by Crippen LogP contribution is 2.29. The number of aromatic nitrogens is 6. The van der Waals surface area contributed by atoms with Crippen molar-refractivity contribution in [2.24, 2.45) is 7.05 Å². The van der Waals surface area contributed by atoms with Gasteiger partial charge in [0, 0.05) is 0 Å². The van der Waals surface area contributed by atoms with Crippen LogP contribution >= 0.6 is 23.2 Å². The molecule has 3 rings (SSSR count). The first kappa shape index (κ1) is 12.1. The Morgan fingerprint density at radius 2 is 1.95 bits per heavy atom. The summed E-state index contributed by atoms with van der Waals surface area (Å²) >= 11 is 12.4. The molecule has 0 unspecified atom stereocenters. The van der Waals surface area contributed by atoms with Gasteiger partial charge in [0.05, 0.1) is 29.5 Å². The van der Waals surface area contributed by atoms with Gasteiger partial charge in [-0.25, -0.2) is 4.68 Å². The molecule has 0 saturated carbocycles. The SMILES string of the molecule is Cn1nnc(-c2cnn(-c3ccccc3Cl)c2Cl)n1. The summed E-state index contributed by atoms with van der Waals surface area (Å²) in [6.45, 7) is 0. The molecule has 0 N–H and O–H groups in total. The lowest BCUT2D eigenvalue weighted by Crippen LogP contribution is -1.97. The molecule has 0 spiro atoms. The first-order chi connectivity index (χ1) is 9.16. The smallest absolute Gasteiger partial charge is 0.209 e. The lowest BCUT2D eigenvalue weighted by atomic mass is 10.3. The predicted molar refractivity (Wildman–Crippen MR) is 71.4 cm³/mol. The van der Waals surface area contributed by atoms with Gasteiger partial charge < -0.3 is 0 Å². The minimum absolute atomic E-state index is 0.390. The molecule has 2 aromatic heterocycles. The molecule has 0 saturated heterocycles. The Labute approximate surface area is 118 Å². The van der Waals surface area contributed by atoms with Gasteiger partial charge in [-0.15, -0.1) is 10.2 Å². The summed E-state index contributed by atoms with van der Waals surface area (Å²) in [5.41, 5.74) is 1.30. The number of hydrogen-bond donors (Lipinski definition) is 0. The number of halogens is 2. The zero-order chi connectivity index (χ0) is 13.4. The minimum Gasteiger partial charge on any atom is -0.220 e. The lowest BCUT2D eigenvalue weighted by Gasteiger charge is -2.04. The van der Waals surface area contributed by atoms with Crippen LogP contribution in [-0.2, 0) is 7.05 Å². The molecule has 3 aromatic rings. The van der Waals surface area contributed by atoms with E-state index in [0.717, 1.165) is 0 Å². The summed E-state index contributed by atoms with van der Waals surface area (Å²) in [6, 6.07) is 7.30. The molecule has 0 amide bonds. The fourth-order valence-corrected chi connectivity index (χ4v) is 2.15. The molecule has 19 heavy (non-hydrogen) atoms. The highest BCUT2D eigenvalue weighted by atomic mass is 35.5. The summed E-state index contributed by atoms with van der Waals surface area (Å²) in [5, 5.41) is 16.9. The van der Waals surface area contributed by atoms with Gasteiger partial charge >= 0.3 is 0 Å². The third-order valence-electron chi connectivity index (χ3n) is 2.54. The van der Waals surface area contributed by atoms with Crippen LogP contribution in [0, 0.1) is 0 Å². The van der Waals surface area contributed by atoms with Crippen molar-refractivity contribution in [1.82, 2.24) is 30.0 Å². The normalized spacial score (nSPS) is 10.9. The van der Waals surface area contributed by atoms with Gasteiger partial charge in [0.1, 0.15) is 5.15 Å². The number of tetrazole rings is 1. The topological polar surface area (TPSA) is 61.4 Å². The van der Waals surface area contributed by atoms with E-state index in [1.807, 2.05) is 18.2 Å². The van der Waals surface area contributed by atoms with Crippen molar-refractivity contribution in [3.05, 3.63) is 40.6 Å². The van der Waals surface area contributed by atoms with Crippen LogP contribution in [0.4, 0.5) is 0 Å². The average Bonchev–Trinajstić information content (AvgIpc) is 2.97. The Hall–Kier alpha value is -1.92. The Balaban J connectivity index is 2.12. The quantitative estimate of drug-likeness (QED) is 0.728. The third-order valence-corrected chi connectivity index (χ3v) is 3.22. The van der Waals surface area contributed by atoms with Crippen molar-refractivity contribution in [3.63, 3.8) is 0 Å². The van der Waals surface area contributed by atoms with Gasteiger partial charge in [-0.05, 0) is 17.3 Å². The fourth-order valence-electron chi connectivity index (χ4n) is 1.67. The van der Waals surface area contributed by atoms with Crippen LogP contribution < -0.4 is 0 Å². The number of rotatable bonds is 2. The van der Waals surface area contributed by atoms with Crippen LogP contribution in [0.5, 0.6) is 0 Å². The van der Waals surface area contributed by atoms with Gasteiger partial charge in [-0.2, -0.15) is 9.90 Å². The first-order valence-corrected chi connectivity index (χ1v) is 6.15. The summed E-state index contributed by atoms with van der Waals surface area (Å²) in [4.78, 5) is 1.36. The molecule has 0 fully saturated rings. The van der Waals surface area contributed by atoms with Gasteiger partial charge in [0.15, 0.2) is 0 Å². The van der Waals surface area contributed by atoms with Crippen molar-refractivity contribution in [2.45, 2.75) is 0 Å². The van der Waals surface area contributed by atoms with Crippen LogP contribution in [0.2, 0.25) is 10.2 Å². The standard InChI is InChI=1S/C11H8Cl2N6/c1-18-16-11(15-17-18)7-6-14-19(10(7)13)9-5-3-2-4-8(9)12/h2-6H,1H3.